The van der Waals surface area contributed by atoms with Crippen LogP contribution >= 0.6 is 0 Å². The molecule has 2 aromatic rings. The number of aromatic amines is 1. The zero-order chi connectivity index (χ0) is 25.4. The first-order valence-electron chi connectivity index (χ1n) is 10.4. The molecule has 13 nitrogen and oxygen atoms in total. The van der Waals surface area contributed by atoms with Crippen LogP contribution in [0.2, 0.25) is 0 Å². The number of fused-ring (bicyclic) bond motifs is 1. The van der Waals surface area contributed by atoms with E-state index in [0.717, 1.165) is 16.5 Å². The van der Waals surface area contributed by atoms with E-state index in [1.165, 1.54) is 6.92 Å². The molecule has 0 aliphatic rings. The molecule has 1 heterocycles. The van der Waals surface area contributed by atoms with E-state index in [0.29, 0.717) is 0 Å². The summed E-state index contributed by atoms with van der Waals surface area (Å²) in [5.41, 5.74) is 12.7. The Morgan fingerprint density at radius 3 is 2.24 bits per heavy atom. The lowest BCUT2D eigenvalue weighted by Gasteiger charge is -2.23. The number of aliphatic hydroxyl groups excluding tert-OH is 1. The van der Waals surface area contributed by atoms with Gasteiger partial charge in [-0.25, -0.2) is 0 Å². The molecule has 0 radical (unpaired) electrons. The van der Waals surface area contributed by atoms with Gasteiger partial charge in [-0.1, -0.05) is 18.2 Å². The summed E-state index contributed by atoms with van der Waals surface area (Å²) < 4.78 is 0. The molecule has 34 heavy (non-hydrogen) atoms. The zero-order valence-electron chi connectivity index (χ0n) is 18.4. The number of amides is 4. The van der Waals surface area contributed by atoms with Gasteiger partial charge < -0.3 is 42.6 Å². The highest BCUT2D eigenvalue weighted by molar-refractivity contribution is 5.96. The first kappa shape index (κ1) is 26.3. The molecule has 0 aliphatic heterocycles. The van der Waals surface area contributed by atoms with Crippen molar-refractivity contribution in [2.24, 2.45) is 11.5 Å². The van der Waals surface area contributed by atoms with Crippen LogP contribution in [-0.4, -0.2) is 75.6 Å². The van der Waals surface area contributed by atoms with Crippen molar-refractivity contribution in [3.05, 3.63) is 36.0 Å². The number of para-hydroxylation sites is 1. The Morgan fingerprint density at radius 2 is 1.62 bits per heavy atom. The minimum atomic E-state index is -1.52. The first-order chi connectivity index (χ1) is 16.0. The topological polar surface area (TPSA) is 230 Å². The number of carbonyl (C=O) groups is 5. The number of aliphatic carboxylic acids is 1. The minimum absolute atomic E-state index is 0.148. The number of hydrogen-bond acceptors (Lipinski definition) is 7. The number of carboxylic acids is 1. The second kappa shape index (κ2) is 11.8. The van der Waals surface area contributed by atoms with Crippen LogP contribution in [0.15, 0.2) is 30.5 Å². The number of H-pyrrole nitrogens is 1. The summed E-state index contributed by atoms with van der Waals surface area (Å²) in [5.74, 6) is -4.95. The molecule has 1 aromatic heterocycles. The lowest BCUT2D eigenvalue weighted by Crippen LogP contribution is -2.58. The van der Waals surface area contributed by atoms with E-state index < -0.39 is 66.8 Å². The SMILES string of the molecule is CC(NC(=O)C(CC(N)=O)NC(=O)C(CO)NC(=O)C(N)Cc1c[nH]c2ccccc12)C(=O)O. The molecular formula is C21H28N6O7. The van der Waals surface area contributed by atoms with Gasteiger partial charge in [0, 0.05) is 17.1 Å². The van der Waals surface area contributed by atoms with Crippen molar-refractivity contribution in [1.29, 1.82) is 0 Å². The lowest BCUT2D eigenvalue weighted by molar-refractivity contribution is -0.142. The van der Waals surface area contributed by atoms with E-state index in [-0.39, 0.29) is 6.42 Å². The second-order valence-corrected chi connectivity index (χ2v) is 7.71. The molecule has 13 heteroatoms. The summed E-state index contributed by atoms with van der Waals surface area (Å²) in [6, 6.07) is 2.08. The van der Waals surface area contributed by atoms with Crippen molar-refractivity contribution in [2.75, 3.05) is 6.61 Å². The molecule has 0 aliphatic carbocycles. The maximum atomic E-state index is 12.6. The molecule has 4 amide bonds. The number of aliphatic hydroxyl groups is 1. The maximum absolute atomic E-state index is 12.6. The number of benzene rings is 1. The molecule has 2 rings (SSSR count). The molecule has 10 N–H and O–H groups in total. The van der Waals surface area contributed by atoms with Crippen molar-refractivity contribution >= 4 is 40.5 Å². The Labute approximate surface area is 194 Å². The van der Waals surface area contributed by atoms with Gasteiger partial charge in [-0.05, 0) is 25.0 Å². The number of primary amides is 1. The standard InChI is InChI=1S/C21H28N6O7/c1-10(21(33)34)25-19(31)15(7-17(23)29)26-20(32)16(9-28)27-18(30)13(22)6-11-8-24-14-5-3-2-4-12(11)14/h2-5,8,10,13,15-16,24,28H,6-7,9,22H2,1H3,(H2,23,29)(H,25,31)(H,26,32)(H,27,30)(H,33,34). The second-order valence-electron chi connectivity index (χ2n) is 7.71. The molecule has 0 saturated heterocycles. The lowest BCUT2D eigenvalue weighted by atomic mass is 10.0. The first-order valence-corrected chi connectivity index (χ1v) is 10.4. The predicted octanol–water partition coefficient (Wildman–Crippen LogP) is -2.54. The molecule has 184 valence electrons. The van der Waals surface area contributed by atoms with Crippen molar-refractivity contribution in [3.63, 3.8) is 0 Å². The summed E-state index contributed by atoms with van der Waals surface area (Å²) in [6.45, 7) is 0.364. The van der Waals surface area contributed by atoms with Crippen LogP contribution < -0.4 is 27.4 Å². The number of carbonyl (C=O) groups excluding carboxylic acids is 4. The van der Waals surface area contributed by atoms with Gasteiger partial charge in [-0.2, -0.15) is 0 Å². The summed E-state index contributed by atoms with van der Waals surface area (Å²) >= 11 is 0. The molecular weight excluding hydrogens is 448 g/mol. The molecule has 4 unspecified atom stereocenters. The maximum Gasteiger partial charge on any atom is 0.325 e. The number of carboxylic acid groups (broad SMARTS) is 1. The number of nitrogens with one attached hydrogen (secondary N) is 4. The average Bonchev–Trinajstić information content (AvgIpc) is 3.18. The predicted molar refractivity (Wildman–Crippen MR) is 120 cm³/mol. The fourth-order valence-corrected chi connectivity index (χ4v) is 3.16. The molecule has 0 spiro atoms. The van der Waals surface area contributed by atoms with E-state index in [2.05, 4.69) is 20.9 Å². The van der Waals surface area contributed by atoms with Gasteiger partial charge in [0.25, 0.3) is 0 Å². The Kier molecular flexibility index (Phi) is 9.10. The number of nitrogens with two attached hydrogens (primary N) is 2. The summed E-state index contributed by atoms with van der Waals surface area (Å²) in [6.07, 6.45) is 1.24. The Bertz CT molecular complexity index is 1070. The third-order valence-electron chi connectivity index (χ3n) is 5.03. The quantitative estimate of drug-likeness (QED) is 0.162. The number of rotatable bonds is 12. The molecule has 4 atom stereocenters. The molecule has 0 bridgehead atoms. The monoisotopic (exact) mass is 476 g/mol. The van der Waals surface area contributed by atoms with Crippen LogP contribution in [0, 0.1) is 0 Å². The van der Waals surface area contributed by atoms with Crippen LogP contribution in [0.5, 0.6) is 0 Å². The Morgan fingerprint density at radius 1 is 1.00 bits per heavy atom. The Hall–Kier alpha value is -3.97. The highest BCUT2D eigenvalue weighted by Gasteiger charge is 2.30. The van der Waals surface area contributed by atoms with Gasteiger partial charge in [0.1, 0.15) is 18.1 Å². The average molecular weight is 476 g/mol. The van der Waals surface area contributed by atoms with Crippen LogP contribution in [0.1, 0.15) is 18.9 Å². The summed E-state index contributed by atoms with van der Waals surface area (Å²) in [4.78, 5) is 62.7. The van der Waals surface area contributed by atoms with Gasteiger partial charge >= 0.3 is 5.97 Å². The van der Waals surface area contributed by atoms with Crippen LogP contribution in [-0.2, 0) is 30.4 Å². The van der Waals surface area contributed by atoms with Gasteiger partial charge in [-0.15, -0.1) is 0 Å². The minimum Gasteiger partial charge on any atom is -0.480 e. The van der Waals surface area contributed by atoms with Crippen molar-refractivity contribution in [2.45, 2.75) is 43.9 Å². The normalized spacial score (nSPS) is 14.4. The molecule has 0 saturated carbocycles. The fraction of sp³-hybridized carbons (Fsp3) is 0.381. The zero-order valence-corrected chi connectivity index (χ0v) is 18.4. The van der Waals surface area contributed by atoms with Crippen molar-refractivity contribution in [1.82, 2.24) is 20.9 Å². The van der Waals surface area contributed by atoms with Gasteiger partial charge in [-0.3, -0.25) is 24.0 Å². The van der Waals surface area contributed by atoms with Gasteiger partial charge in [0.2, 0.25) is 23.6 Å². The fourth-order valence-electron chi connectivity index (χ4n) is 3.16. The number of hydrogen-bond donors (Lipinski definition) is 8. The molecule has 1 aromatic carbocycles. The third kappa shape index (κ3) is 7.02. The smallest absolute Gasteiger partial charge is 0.325 e. The van der Waals surface area contributed by atoms with E-state index in [9.17, 15) is 29.1 Å². The highest BCUT2D eigenvalue weighted by atomic mass is 16.4. The summed E-state index contributed by atoms with van der Waals surface area (Å²) in [5, 5.41) is 26.0. The number of aromatic nitrogens is 1. The largest absolute Gasteiger partial charge is 0.480 e. The summed E-state index contributed by atoms with van der Waals surface area (Å²) in [7, 11) is 0. The van der Waals surface area contributed by atoms with Gasteiger partial charge in [0.15, 0.2) is 0 Å². The van der Waals surface area contributed by atoms with E-state index >= 15 is 0 Å². The van der Waals surface area contributed by atoms with E-state index in [4.69, 9.17) is 16.6 Å². The Balaban J connectivity index is 2.02. The van der Waals surface area contributed by atoms with E-state index in [1.54, 1.807) is 6.20 Å². The van der Waals surface area contributed by atoms with Crippen LogP contribution in [0.4, 0.5) is 0 Å². The molecule has 0 fully saturated rings. The van der Waals surface area contributed by atoms with Gasteiger partial charge in [0.05, 0.1) is 19.1 Å². The van der Waals surface area contributed by atoms with E-state index in [1.807, 2.05) is 24.3 Å². The van der Waals surface area contributed by atoms with Crippen molar-refractivity contribution < 1.29 is 34.2 Å². The van der Waals surface area contributed by atoms with Crippen LogP contribution in [0.3, 0.4) is 0 Å². The van der Waals surface area contributed by atoms with Crippen molar-refractivity contribution in [3.8, 4) is 0 Å². The highest BCUT2D eigenvalue weighted by Crippen LogP contribution is 2.18. The van der Waals surface area contributed by atoms with Crippen LogP contribution in [0.25, 0.3) is 10.9 Å². The third-order valence-corrected chi connectivity index (χ3v) is 5.03.